The molecule has 0 spiro atoms. The topological polar surface area (TPSA) is 49.3 Å². The minimum Gasteiger partial charge on any atom is -0.372 e. The van der Waals surface area contributed by atoms with Crippen LogP contribution in [0.4, 0.5) is 18.9 Å². The number of carbonyl (C=O) groups excluding carboxylic acids is 1. The lowest BCUT2D eigenvalue weighted by Crippen LogP contribution is -2.56. The molecule has 2 aromatic rings. The van der Waals surface area contributed by atoms with E-state index in [1.165, 1.54) is 48.2 Å². The number of nitrogens with one attached hydrogen (secondary N) is 1. The monoisotopic (exact) mass is 389 g/mol. The van der Waals surface area contributed by atoms with E-state index in [-0.39, 0.29) is 11.3 Å². The highest BCUT2D eigenvalue weighted by molar-refractivity contribution is 7.98. The highest BCUT2D eigenvalue weighted by Crippen LogP contribution is 2.35. The Bertz CT molecular complexity index is 755. The molecule has 1 unspecified atom stereocenters. The highest BCUT2D eigenvalue weighted by Gasteiger charge is 2.59. The molecule has 0 aliphatic rings. The molecule has 0 bridgehead atoms. The molecule has 0 aliphatic heterocycles. The van der Waals surface area contributed by atoms with Gasteiger partial charge in [0.2, 0.25) is 5.60 Å². The number of carbonyl (C=O) groups is 1. The zero-order valence-electron chi connectivity index (χ0n) is 13.1. The fourth-order valence-electron chi connectivity index (χ4n) is 2.18. The maximum Gasteiger partial charge on any atom is 0.426 e. The molecule has 0 saturated heterocycles. The number of anilines is 1. The normalized spacial score (nSPS) is 14.0. The minimum atomic E-state index is -5.14. The number of amides is 1. The average molecular weight is 390 g/mol. The van der Waals surface area contributed by atoms with Gasteiger partial charge < -0.3 is 10.4 Å². The number of benzene rings is 2. The zero-order valence-corrected chi connectivity index (χ0v) is 14.7. The summed E-state index contributed by atoms with van der Waals surface area (Å²) in [7, 11) is 0. The van der Waals surface area contributed by atoms with Gasteiger partial charge in [0.05, 0.1) is 5.02 Å². The Morgan fingerprint density at radius 2 is 1.84 bits per heavy atom. The first-order valence-electron chi connectivity index (χ1n) is 7.15. The van der Waals surface area contributed by atoms with Gasteiger partial charge in [0.25, 0.3) is 5.91 Å². The van der Waals surface area contributed by atoms with Crippen molar-refractivity contribution in [3.8, 4) is 0 Å². The second-order valence-electron chi connectivity index (χ2n) is 5.32. The molecule has 0 heterocycles. The van der Waals surface area contributed by atoms with E-state index in [0.717, 1.165) is 4.90 Å². The van der Waals surface area contributed by atoms with Crippen LogP contribution in [0.15, 0.2) is 53.4 Å². The summed E-state index contributed by atoms with van der Waals surface area (Å²) in [6.45, 7) is 0. The van der Waals surface area contributed by atoms with E-state index in [0.29, 0.717) is 5.02 Å². The molecular weight excluding hydrogens is 375 g/mol. The van der Waals surface area contributed by atoms with Crippen LogP contribution in [-0.2, 0) is 11.2 Å². The van der Waals surface area contributed by atoms with Crippen LogP contribution in [0, 0.1) is 0 Å². The predicted octanol–water partition coefficient (Wildman–Crippen LogP) is 4.54. The van der Waals surface area contributed by atoms with Crippen LogP contribution in [-0.4, -0.2) is 29.0 Å². The highest BCUT2D eigenvalue weighted by atomic mass is 35.5. The molecule has 2 rings (SSSR count). The predicted molar refractivity (Wildman–Crippen MR) is 93.0 cm³/mol. The van der Waals surface area contributed by atoms with Gasteiger partial charge in [-0.1, -0.05) is 41.9 Å². The first kappa shape index (κ1) is 19.6. The van der Waals surface area contributed by atoms with Crippen molar-refractivity contribution in [1.29, 1.82) is 0 Å². The van der Waals surface area contributed by atoms with Crippen molar-refractivity contribution in [1.82, 2.24) is 0 Å². The van der Waals surface area contributed by atoms with Crippen LogP contribution >= 0.6 is 23.4 Å². The van der Waals surface area contributed by atoms with E-state index >= 15 is 0 Å². The summed E-state index contributed by atoms with van der Waals surface area (Å²) in [6, 6.07) is 11.9. The van der Waals surface area contributed by atoms with Crippen molar-refractivity contribution < 1.29 is 23.1 Å². The van der Waals surface area contributed by atoms with E-state index in [1.807, 2.05) is 0 Å². The Labute approximate surface area is 152 Å². The Morgan fingerprint density at radius 1 is 1.20 bits per heavy atom. The third-order valence-corrected chi connectivity index (χ3v) is 4.78. The summed E-state index contributed by atoms with van der Waals surface area (Å²) < 4.78 is 40.2. The van der Waals surface area contributed by atoms with Gasteiger partial charge in [-0.2, -0.15) is 13.2 Å². The summed E-state index contributed by atoms with van der Waals surface area (Å²) in [5.41, 5.74) is -3.30. The van der Waals surface area contributed by atoms with E-state index in [2.05, 4.69) is 5.32 Å². The van der Waals surface area contributed by atoms with Gasteiger partial charge in [-0.05, 0) is 30.0 Å². The summed E-state index contributed by atoms with van der Waals surface area (Å²) >= 11 is 7.35. The van der Waals surface area contributed by atoms with E-state index in [1.54, 1.807) is 18.4 Å². The molecular formula is C17H15ClF3NO2S. The molecule has 0 saturated carbocycles. The van der Waals surface area contributed by atoms with Crippen molar-refractivity contribution in [3.05, 3.63) is 59.1 Å². The number of aliphatic hydroxyl groups is 1. The average Bonchev–Trinajstić information content (AvgIpc) is 2.54. The molecule has 2 aromatic carbocycles. The molecule has 8 heteroatoms. The van der Waals surface area contributed by atoms with Crippen LogP contribution in [0.1, 0.15) is 5.56 Å². The largest absolute Gasteiger partial charge is 0.426 e. The number of alkyl halides is 3. The van der Waals surface area contributed by atoms with Crippen LogP contribution < -0.4 is 5.32 Å². The maximum atomic E-state index is 13.4. The molecule has 1 atom stereocenters. The summed E-state index contributed by atoms with van der Waals surface area (Å²) in [6.07, 6.45) is -4.24. The van der Waals surface area contributed by atoms with Crippen molar-refractivity contribution in [2.45, 2.75) is 23.1 Å². The molecule has 25 heavy (non-hydrogen) atoms. The van der Waals surface area contributed by atoms with E-state index in [9.17, 15) is 23.1 Å². The number of hydrogen-bond donors (Lipinski definition) is 2. The Morgan fingerprint density at radius 3 is 2.36 bits per heavy atom. The number of hydrogen-bond acceptors (Lipinski definition) is 3. The number of halogens is 4. The lowest BCUT2D eigenvalue weighted by Gasteiger charge is -2.29. The lowest BCUT2D eigenvalue weighted by atomic mass is 9.92. The summed E-state index contributed by atoms with van der Waals surface area (Å²) in [4.78, 5) is 12.9. The fraction of sp³-hybridized carbons (Fsp3) is 0.235. The van der Waals surface area contributed by atoms with Gasteiger partial charge in [0, 0.05) is 17.0 Å². The standard InChI is InChI=1S/C17H15ClF3NO2S/c1-25-14-8-7-12(9-13(14)18)22-15(23)16(24,17(19,20)21)10-11-5-3-2-4-6-11/h2-9,24H,10H2,1H3,(H,22,23). The van der Waals surface area contributed by atoms with Crippen molar-refractivity contribution >= 4 is 35.0 Å². The van der Waals surface area contributed by atoms with E-state index < -0.39 is 24.1 Å². The molecule has 0 radical (unpaired) electrons. The molecule has 2 N–H and O–H groups in total. The van der Waals surface area contributed by atoms with Gasteiger partial charge in [0.15, 0.2) is 0 Å². The maximum absolute atomic E-state index is 13.4. The van der Waals surface area contributed by atoms with Gasteiger partial charge >= 0.3 is 6.18 Å². The van der Waals surface area contributed by atoms with Gasteiger partial charge in [-0.15, -0.1) is 11.8 Å². The third-order valence-electron chi connectivity index (χ3n) is 3.56. The van der Waals surface area contributed by atoms with Gasteiger partial charge in [-0.25, -0.2) is 0 Å². The number of rotatable bonds is 5. The van der Waals surface area contributed by atoms with E-state index in [4.69, 9.17) is 11.6 Å². The van der Waals surface area contributed by atoms with Crippen LogP contribution in [0.5, 0.6) is 0 Å². The Hall–Kier alpha value is -1.70. The van der Waals surface area contributed by atoms with Crippen LogP contribution in [0.3, 0.4) is 0 Å². The molecule has 134 valence electrons. The van der Waals surface area contributed by atoms with Crippen molar-refractivity contribution in [2.75, 3.05) is 11.6 Å². The third kappa shape index (κ3) is 4.48. The molecule has 0 aromatic heterocycles. The molecule has 3 nitrogen and oxygen atoms in total. The number of thioether (sulfide) groups is 1. The first-order chi connectivity index (χ1) is 11.7. The Balaban J connectivity index is 2.28. The summed E-state index contributed by atoms with van der Waals surface area (Å²) in [5.74, 6) is -1.56. The second kappa shape index (κ2) is 7.68. The van der Waals surface area contributed by atoms with Crippen molar-refractivity contribution in [2.24, 2.45) is 0 Å². The van der Waals surface area contributed by atoms with Gasteiger partial charge in [0.1, 0.15) is 0 Å². The Kier molecular flexibility index (Phi) is 6.03. The molecule has 0 fully saturated rings. The molecule has 0 aliphatic carbocycles. The fourth-order valence-corrected chi connectivity index (χ4v) is 3.05. The SMILES string of the molecule is CSc1ccc(NC(=O)C(O)(Cc2ccccc2)C(F)(F)F)cc1Cl. The quantitative estimate of drug-likeness (QED) is 0.738. The summed E-state index contributed by atoms with van der Waals surface area (Å²) in [5, 5.41) is 12.5. The zero-order chi connectivity index (χ0) is 18.7. The van der Waals surface area contributed by atoms with Crippen LogP contribution in [0.25, 0.3) is 0 Å². The van der Waals surface area contributed by atoms with Crippen molar-refractivity contribution in [3.63, 3.8) is 0 Å². The molecule has 1 amide bonds. The lowest BCUT2D eigenvalue weighted by molar-refractivity contribution is -0.248. The first-order valence-corrected chi connectivity index (χ1v) is 8.75. The van der Waals surface area contributed by atoms with Crippen LogP contribution in [0.2, 0.25) is 5.02 Å². The second-order valence-corrected chi connectivity index (χ2v) is 6.58. The smallest absolute Gasteiger partial charge is 0.372 e. The van der Waals surface area contributed by atoms with Gasteiger partial charge in [-0.3, -0.25) is 4.79 Å². The minimum absolute atomic E-state index is 0.0727.